The first-order chi connectivity index (χ1) is 32.0. The van der Waals surface area contributed by atoms with Crippen LogP contribution in [-0.4, -0.2) is 98.9 Å². The van der Waals surface area contributed by atoms with Gasteiger partial charge in [0.15, 0.2) is 23.3 Å². The lowest BCUT2D eigenvalue weighted by atomic mass is 10.1. The molecular formula is C42H36Cl4N16O4. The molecule has 4 fully saturated rings. The molecule has 2 aliphatic heterocycles. The fourth-order valence-electron chi connectivity index (χ4n) is 9.98. The molecule has 2 amide bonds. The Hall–Kier alpha value is -6.74. The van der Waals surface area contributed by atoms with Crippen molar-refractivity contribution in [1.82, 2.24) is 60.4 Å². The molecule has 6 atom stereocenters. The number of piperidine rings is 2. The number of carbonyl (C=O) groups excluding carboxylic acids is 2. The first-order valence-corrected chi connectivity index (χ1v) is 22.4. The standard InChI is InChI=1S/2C21H18Cl2N8O2/c2*22-13-5-11(31-9-25-8-27-31)2-3-12(13)21(32)28-17-10-1-4-15(17)30(7-10)20-18-16(14(23)6-26-20)19(24)29-33-18/h2*2-3,5-6,8-10,15,17H,1,4,7H2,(H2,24,29)(H,28,32). The Bertz CT molecular complexity index is 2950. The molecule has 2 aromatic carbocycles. The summed E-state index contributed by atoms with van der Waals surface area (Å²) in [5.74, 6) is 1.87. The van der Waals surface area contributed by atoms with Crippen LogP contribution in [-0.2, 0) is 0 Å². The third-order valence-electron chi connectivity index (χ3n) is 13.0. The molecule has 4 aliphatic rings. The molecule has 2 saturated heterocycles. The Morgan fingerprint density at radius 3 is 1.45 bits per heavy atom. The molecule has 6 aromatic heterocycles. The lowest BCUT2D eigenvalue weighted by Crippen LogP contribution is -2.44. The van der Waals surface area contributed by atoms with Gasteiger partial charge in [0.1, 0.15) is 25.3 Å². The molecule has 66 heavy (non-hydrogen) atoms. The molecule has 336 valence electrons. The molecule has 0 spiro atoms. The van der Waals surface area contributed by atoms with E-state index in [1.54, 1.807) is 70.8 Å². The van der Waals surface area contributed by atoms with E-state index in [4.69, 9.17) is 66.9 Å². The number of benzene rings is 2. The van der Waals surface area contributed by atoms with Crippen molar-refractivity contribution in [2.45, 2.75) is 49.9 Å². The Kier molecular flexibility index (Phi) is 10.5. The number of hydrogen-bond acceptors (Lipinski definition) is 16. The molecule has 6 unspecified atom stereocenters. The van der Waals surface area contributed by atoms with Gasteiger partial charge >= 0.3 is 0 Å². The molecular weight excluding hydrogens is 934 g/mol. The minimum atomic E-state index is -0.216. The topological polar surface area (TPSA) is 256 Å². The van der Waals surface area contributed by atoms with E-state index in [1.807, 2.05) is 0 Å². The van der Waals surface area contributed by atoms with Crippen LogP contribution in [0.3, 0.4) is 0 Å². The van der Waals surface area contributed by atoms with E-state index >= 15 is 0 Å². The van der Waals surface area contributed by atoms with E-state index < -0.39 is 0 Å². The van der Waals surface area contributed by atoms with Crippen molar-refractivity contribution in [1.29, 1.82) is 0 Å². The van der Waals surface area contributed by atoms with Crippen LogP contribution in [0.1, 0.15) is 46.4 Å². The molecule has 6 N–H and O–H groups in total. The van der Waals surface area contributed by atoms with Crippen LogP contribution in [0.25, 0.3) is 33.3 Å². The van der Waals surface area contributed by atoms with E-state index in [9.17, 15) is 9.59 Å². The van der Waals surface area contributed by atoms with Gasteiger partial charge in [0, 0.05) is 25.5 Å². The maximum absolute atomic E-state index is 13.1. The minimum absolute atomic E-state index is 0.0450. The van der Waals surface area contributed by atoms with E-state index in [2.05, 4.69) is 60.9 Å². The first-order valence-electron chi connectivity index (χ1n) is 20.8. The van der Waals surface area contributed by atoms with Gasteiger partial charge in [-0.1, -0.05) is 56.7 Å². The summed E-state index contributed by atoms with van der Waals surface area (Å²) in [5.41, 5.74) is 15.0. The van der Waals surface area contributed by atoms with Gasteiger partial charge in [-0.25, -0.2) is 29.3 Å². The average molecular weight is 971 g/mol. The number of hydrogen-bond donors (Lipinski definition) is 4. The van der Waals surface area contributed by atoms with Gasteiger partial charge in [0.2, 0.25) is 11.2 Å². The van der Waals surface area contributed by atoms with Crippen LogP contribution in [0.2, 0.25) is 20.1 Å². The van der Waals surface area contributed by atoms with Gasteiger partial charge in [-0.15, -0.1) is 0 Å². The van der Waals surface area contributed by atoms with Crippen LogP contribution in [0.5, 0.6) is 0 Å². The summed E-state index contributed by atoms with van der Waals surface area (Å²) in [6.07, 6.45) is 13.0. The summed E-state index contributed by atoms with van der Waals surface area (Å²) in [4.78, 5) is 47.4. The largest absolute Gasteiger partial charge is 0.380 e. The maximum atomic E-state index is 13.1. The fraction of sp³-hybridized carbons (Fsp3) is 0.286. The molecule has 8 heterocycles. The first kappa shape index (κ1) is 41.9. The predicted molar refractivity (Wildman–Crippen MR) is 245 cm³/mol. The van der Waals surface area contributed by atoms with Crippen LogP contribution < -0.4 is 31.9 Å². The Morgan fingerprint density at radius 1 is 0.621 bits per heavy atom. The molecule has 0 radical (unpaired) electrons. The number of fused-ring (bicyclic) bond motifs is 6. The number of nitrogens with two attached hydrogens (primary N) is 2. The Morgan fingerprint density at radius 2 is 1.06 bits per heavy atom. The molecule has 24 heteroatoms. The van der Waals surface area contributed by atoms with Gasteiger partial charge in [-0.2, -0.15) is 10.2 Å². The molecule has 12 rings (SSSR count). The smallest absolute Gasteiger partial charge is 0.253 e. The second-order valence-electron chi connectivity index (χ2n) is 16.5. The zero-order valence-corrected chi connectivity index (χ0v) is 37.3. The zero-order valence-electron chi connectivity index (χ0n) is 34.3. The highest BCUT2D eigenvalue weighted by Crippen LogP contribution is 2.45. The summed E-state index contributed by atoms with van der Waals surface area (Å²) in [7, 11) is 0. The van der Waals surface area contributed by atoms with Crippen LogP contribution in [0.15, 0.2) is 83.1 Å². The van der Waals surface area contributed by atoms with Crippen molar-refractivity contribution < 1.29 is 18.6 Å². The van der Waals surface area contributed by atoms with Gasteiger partial charge in [0.25, 0.3) is 11.8 Å². The molecule has 8 aromatic rings. The fourth-order valence-corrected chi connectivity index (χ4v) is 11.0. The average Bonchev–Trinajstić information content (AvgIpc) is 4.19. The summed E-state index contributed by atoms with van der Waals surface area (Å²) in [5, 5.41) is 24.9. The minimum Gasteiger partial charge on any atom is -0.380 e. The van der Waals surface area contributed by atoms with Crippen LogP contribution in [0, 0.1) is 11.8 Å². The molecule has 2 saturated carbocycles. The van der Waals surface area contributed by atoms with Gasteiger partial charge in [-0.05, 0) is 73.9 Å². The Balaban J connectivity index is 0.000000146. The second-order valence-corrected chi connectivity index (χ2v) is 18.2. The lowest BCUT2D eigenvalue weighted by molar-refractivity contribution is 0.0923. The highest BCUT2D eigenvalue weighted by atomic mass is 35.5. The van der Waals surface area contributed by atoms with E-state index in [0.717, 1.165) is 50.1 Å². The van der Waals surface area contributed by atoms with Crippen LogP contribution in [0.4, 0.5) is 23.3 Å². The maximum Gasteiger partial charge on any atom is 0.253 e. The summed E-state index contributed by atoms with van der Waals surface area (Å²) < 4.78 is 14.1. The predicted octanol–water partition coefficient (Wildman–Crippen LogP) is 6.18. The van der Waals surface area contributed by atoms with Crippen molar-refractivity contribution in [3.63, 3.8) is 0 Å². The number of nitrogens with zero attached hydrogens (tertiary/aromatic N) is 12. The monoisotopic (exact) mass is 968 g/mol. The van der Waals surface area contributed by atoms with Gasteiger partial charge < -0.3 is 40.9 Å². The number of nitrogen functional groups attached to an aromatic ring is 2. The molecule has 2 aliphatic carbocycles. The van der Waals surface area contributed by atoms with E-state index in [0.29, 0.717) is 64.8 Å². The second kappa shape index (κ2) is 16.6. The zero-order chi connectivity index (χ0) is 45.4. The number of carbonyl (C=O) groups is 2. The van der Waals surface area contributed by atoms with Crippen molar-refractivity contribution in [2.24, 2.45) is 11.8 Å². The highest BCUT2D eigenvalue weighted by molar-refractivity contribution is 6.37. The summed E-state index contributed by atoms with van der Waals surface area (Å²) >= 11 is 25.4. The van der Waals surface area contributed by atoms with Crippen molar-refractivity contribution in [3.8, 4) is 11.4 Å². The number of amides is 2. The van der Waals surface area contributed by atoms with Gasteiger partial charge in [-0.3, -0.25) is 9.59 Å². The third-order valence-corrected chi connectivity index (χ3v) is 14.2. The Labute approximate surface area is 393 Å². The normalized spacial score (nSPS) is 21.8. The quantitative estimate of drug-likeness (QED) is 0.133. The number of halogens is 4. The number of anilines is 4. The lowest BCUT2D eigenvalue weighted by Gasteiger charge is -2.28. The number of rotatable bonds is 8. The van der Waals surface area contributed by atoms with E-state index in [-0.39, 0.29) is 59.5 Å². The molecule has 20 nitrogen and oxygen atoms in total. The van der Waals surface area contributed by atoms with E-state index in [1.165, 1.54) is 12.7 Å². The summed E-state index contributed by atoms with van der Waals surface area (Å²) in [6.45, 7) is 1.47. The summed E-state index contributed by atoms with van der Waals surface area (Å²) in [6, 6.07) is 10.4. The van der Waals surface area contributed by atoms with Crippen LogP contribution >= 0.6 is 46.4 Å². The number of nitrogens with one attached hydrogen (secondary N) is 2. The number of aromatic nitrogens is 10. The van der Waals surface area contributed by atoms with Crippen molar-refractivity contribution >= 4 is 103 Å². The highest BCUT2D eigenvalue weighted by Gasteiger charge is 2.50. The SMILES string of the molecule is Nc1noc2c(N3CC4CCC3C4NC(=O)c3ccc(-n4cncn4)cc3Cl)ncc(Cl)c12.Nc1noc2c(N3CC4CCC3C4NC(=O)c3ccc(-n4cncn4)cc3Cl)ncc(Cl)c12. The van der Waals surface area contributed by atoms with Gasteiger partial charge in [0.05, 0.1) is 77.5 Å². The third kappa shape index (κ3) is 7.15. The number of pyridine rings is 2. The van der Waals surface area contributed by atoms with Crippen molar-refractivity contribution in [3.05, 3.63) is 105 Å². The van der Waals surface area contributed by atoms with Crippen molar-refractivity contribution in [2.75, 3.05) is 34.4 Å². The molecule has 4 bridgehead atoms.